The second kappa shape index (κ2) is 9.34. The molecule has 8 heteroatoms. The maximum Gasteiger partial charge on any atom is 0.416 e. The number of rotatable bonds is 6. The molecule has 0 radical (unpaired) electrons. The number of alkyl halides is 3. The minimum atomic E-state index is -4.49. The summed E-state index contributed by atoms with van der Waals surface area (Å²) in [6.45, 7) is 0. The summed E-state index contributed by atoms with van der Waals surface area (Å²) >= 11 is 0. The summed E-state index contributed by atoms with van der Waals surface area (Å²) in [7, 11) is 1.40. The van der Waals surface area contributed by atoms with E-state index >= 15 is 0 Å². The van der Waals surface area contributed by atoms with Gasteiger partial charge in [-0.25, -0.2) is 0 Å². The van der Waals surface area contributed by atoms with Gasteiger partial charge >= 0.3 is 6.18 Å². The Kier molecular flexibility index (Phi) is 6.59. The Labute approximate surface area is 176 Å². The lowest BCUT2D eigenvalue weighted by atomic mass is 10.1. The standard InChI is InChI=1S/C23H19F3N2O3/c1-31-20-11-10-16(22(30)27-18-8-3-2-4-9-18)14-19(20)28-21(29)13-15-6-5-7-17(12-15)23(24,25)26/h2-12,14H,13H2,1H3,(H,27,30)(H,28,29). The number of hydrogen-bond acceptors (Lipinski definition) is 3. The predicted octanol–water partition coefficient (Wildman–Crippen LogP) is 5.15. The number of ether oxygens (including phenoxy) is 1. The molecule has 5 nitrogen and oxygen atoms in total. The Hall–Kier alpha value is -3.81. The van der Waals surface area contributed by atoms with Crippen molar-refractivity contribution < 1.29 is 27.5 Å². The van der Waals surface area contributed by atoms with Crippen molar-refractivity contribution in [1.29, 1.82) is 0 Å². The third-order valence-corrected chi connectivity index (χ3v) is 4.39. The number of para-hydroxylation sites is 1. The van der Waals surface area contributed by atoms with E-state index in [-0.39, 0.29) is 29.1 Å². The van der Waals surface area contributed by atoms with Crippen LogP contribution in [-0.2, 0) is 17.4 Å². The molecule has 0 aliphatic heterocycles. The molecule has 0 bridgehead atoms. The van der Waals surface area contributed by atoms with E-state index in [4.69, 9.17) is 4.74 Å². The average molecular weight is 428 g/mol. The van der Waals surface area contributed by atoms with E-state index in [0.717, 1.165) is 12.1 Å². The van der Waals surface area contributed by atoms with Gasteiger partial charge < -0.3 is 15.4 Å². The minimum Gasteiger partial charge on any atom is -0.495 e. The van der Waals surface area contributed by atoms with Crippen LogP contribution < -0.4 is 15.4 Å². The van der Waals surface area contributed by atoms with Crippen molar-refractivity contribution in [2.75, 3.05) is 17.7 Å². The molecule has 0 aliphatic carbocycles. The van der Waals surface area contributed by atoms with Crippen molar-refractivity contribution in [3.63, 3.8) is 0 Å². The summed E-state index contributed by atoms with van der Waals surface area (Å²) < 4.78 is 43.8. The lowest BCUT2D eigenvalue weighted by molar-refractivity contribution is -0.137. The van der Waals surface area contributed by atoms with Crippen molar-refractivity contribution >= 4 is 23.2 Å². The summed E-state index contributed by atoms with van der Waals surface area (Å²) in [6, 6.07) is 17.9. The summed E-state index contributed by atoms with van der Waals surface area (Å²) in [5, 5.41) is 5.34. The normalized spacial score (nSPS) is 11.0. The molecule has 2 amide bonds. The van der Waals surface area contributed by atoms with Gasteiger partial charge in [0.15, 0.2) is 0 Å². The fourth-order valence-corrected chi connectivity index (χ4v) is 2.91. The molecule has 0 saturated carbocycles. The number of methoxy groups -OCH3 is 1. The van der Waals surface area contributed by atoms with Gasteiger partial charge in [-0.05, 0) is 42.0 Å². The number of halogens is 3. The molecule has 0 unspecified atom stereocenters. The van der Waals surface area contributed by atoms with Gasteiger partial charge in [-0.2, -0.15) is 13.2 Å². The first-order valence-electron chi connectivity index (χ1n) is 9.26. The monoisotopic (exact) mass is 428 g/mol. The highest BCUT2D eigenvalue weighted by Gasteiger charge is 2.30. The van der Waals surface area contributed by atoms with Crippen molar-refractivity contribution in [2.24, 2.45) is 0 Å². The summed E-state index contributed by atoms with van der Waals surface area (Å²) in [4.78, 5) is 24.9. The molecule has 0 saturated heterocycles. The highest BCUT2D eigenvalue weighted by molar-refractivity contribution is 6.05. The lowest BCUT2D eigenvalue weighted by Gasteiger charge is -2.13. The van der Waals surface area contributed by atoms with Gasteiger partial charge in [0, 0.05) is 11.3 Å². The largest absolute Gasteiger partial charge is 0.495 e. The van der Waals surface area contributed by atoms with Crippen LogP contribution in [0.25, 0.3) is 0 Å². The van der Waals surface area contributed by atoms with Crippen molar-refractivity contribution in [3.05, 3.63) is 89.5 Å². The van der Waals surface area contributed by atoms with Crippen LogP contribution in [-0.4, -0.2) is 18.9 Å². The summed E-state index contributed by atoms with van der Waals surface area (Å²) in [5.74, 6) is -0.617. The van der Waals surface area contributed by atoms with Crippen LogP contribution in [0.3, 0.4) is 0 Å². The summed E-state index contributed by atoms with van der Waals surface area (Å²) in [6.07, 6.45) is -4.76. The van der Waals surface area contributed by atoms with Gasteiger partial charge in [0.05, 0.1) is 24.8 Å². The Morgan fingerprint density at radius 3 is 2.32 bits per heavy atom. The van der Waals surface area contributed by atoms with E-state index in [2.05, 4.69) is 10.6 Å². The zero-order valence-electron chi connectivity index (χ0n) is 16.5. The third kappa shape index (κ3) is 5.85. The van der Waals surface area contributed by atoms with Gasteiger partial charge in [0.25, 0.3) is 5.91 Å². The van der Waals surface area contributed by atoms with E-state index < -0.39 is 17.6 Å². The highest BCUT2D eigenvalue weighted by atomic mass is 19.4. The van der Waals surface area contributed by atoms with E-state index in [1.165, 1.54) is 31.4 Å². The number of benzene rings is 3. The molecule has 0 heterocycles. The molecular weight excluding hydrogens is 409 g/mol. The van der Waals surface area contributed by atoms with Crippen LogP contribution >= 0.6 is 0 Å². The van der Waals surface area contributed by atoms with Gasteiger partial charge in [0.1, 0.15) is 5.75 Å². The van der Waals surface area contributed by atoms with Crippen molar-refractivity contribution in [1.82, 2.24) is 0 Å². The number of nitrogens with one attached hydrogen (secondary N) is 2. The van der Waals surface area contributed by atoms with E-state index in [1.807, 2.05) is 6.07 Å². The molecule has 0 aromatic heterocycles. The van der Waals surface area contributed by atoms with E-state index in [9.17, 15) is 22.8 Å². The Balaban J connectivity index is 1.75. The molecule has 160 valence electrons. The molecular formula is C23H19F3N2O3. The Bertz CT molecular complexity index is 1080. The minimum absolute atomic E-state index is 0.212. The molecule has 3 aromatic rings. The SMILES string of the molecule is COc1ccc(C(=O)Nc2ccccc2)cc1NC(=O)Cc1cccc(C(F)(F)F)c1. The topological polar surface area (TPSA) is 67.4 Å². The lowest BCUT2D eigenvalue weighted by Crippen LogP contribution is -2.17. The molecule has 2 N–H and O–H groups in total. The van der Waals surface area contributed by atoms with Crippen molar-refractivity contribution in [3.8, 4) is 5.75 Å². The number of amides is 2. The van der Waals surface area contributed by atoms with Crippen LogP contribution in [0, 0.1) is 0 Å². The predicted molar refractivity (Wildman–Crippen MR) is 111 cm³/mol. The first-order chi connectivity index (χ1) is 14.8. The third-order valence-electron chi connectivity index (χ3n) is 4.39. The van der Waals surface area contributed by atoms with Crippen LogP contribution in [0.2, 0.25) is 0 Å². The van der Waals surface area contributed by atoms with Crippen LogP contribution in [0.4, 0.5) is 24.5 Å². The zero-order chi connectivity index (χ0) is 22.4. The molecule has 3 aromatic carbocycles. The Morgan fingerprint density at radius 1 is 0.903 bits per heavy atom. The van der Waals surface area contributed by atoms with Crippen LogP contribution in [0.15, 0.2) is 72.8 Å². The van der Waals surface area contributed by atoms with Gasteiger partial charge in [0.2, 0.25) is 5.91 Å². The molecule has 3 rings (SSSR count). The number of carbonyl (C=O) groups is 2. The first-order valence-corrected chi connectivity index (χ1v) is 9.26. The van der Waals surface area contributed by atoms with Crippen molar-refractivity contribution in [2.45, 2.75) is 12.6 Å². The van der Waals surface area contributed by atoms with E-state index in [1.54, 1.807) is 30.3 Å². The number of anilines is 2. The van der Waals surface area contributed by atoms with Gasteiger partial charge in [-0.3, -0.25) is 9.59 Å². The molecule has 0 spiro atoms. The van der Waals surface area contributed by atoms with Gasteiger partial charge in [-0.15, -0.1) is 0 Å². The first kappa shape index (κ1) is 21.9. The second-order valence-corrected chi connectivity index (χ2v) is 6.66. The van der Waals surface area contributed by atoms with E-state index in [0.29, 0.717) is 11.4 Å². The average Bonchev–Trinajstić information content (AvgIpc) is 2.74. The van der Waals surface area contributed by atoms with Crippen LogP contribution in [0.1, 0.15) is 21.5 Å². The summed E-state index contributed by atoms with van der Waals surface area (Å²) in [5.41, 5.74) is 0.511. The maximum atomic E-state index is 12.9. The number of carbonyl (C=O) groups excluding carboxylic acids is 2. The molecule has 0 atom stereocenters. The van der Waals surface area contributed by atoms with Gasteiger partial charge in [-0.1, -0.05) is 36.4 Å². The highest BCUT2D eigenvalue weighted by Crippen LogP contribution is 2.30. The molecule has 0 aliphatic rings. The fraction of sp³-hybridized carbons (Fsp3) is 0.130. The molecule has 31 heavy (non-hydrogen) atoms. The quantitative estimate of drug-likeness (QED) is 0.571. The molecule has 0 fully saturated rings. The fourth-order valence-electron chi connectivity index (χ4n) is 2.91. The smallest absolute Gasteiger partial charge is 0.416 e. The maximum absolute atomic E-state index is 12.9. The Morgan fingerprint density at radius 2 is 1.65 bits per heavy atom. The van der Waals surface area contributed by atoms with Crippen LogP contribution in [0.5, 0.6) is 5.75 Å². The number of hydrogen-bond donors (Lipinski definition) is 2. The second-order valence-electron chi connectivity index (χ2n) is 6.66. The zero-order valence-corrected chi connectivity index (χ0v) is 16.5.